The molecular formula is C12H7Cl2F2NO2S. The fourth-order valence-electron chi connectivity index (χ4n) is 1.52. The topological polar surface area (TPSA) is 46.2 Å². The predicted octanol–water partition coefficient (Wildman–Crippen LogP) is 4.07. The number of sulfonamides is 1. The van der Waals surface area contributed by atoms with E-state index in [1.54, 1.807) is 4.72 Å². The van der Waals surface area contributed by atoms with Crippen molar-refractivity contribution < 1.29 is 17.2 Å². The summed E-state index contributed by atoms with van der Waals surface area (Å²) >= 11 is 11.5. The van der Waals surface area contributed by atoms with Crippen molar-refractivity contribution in [2.75, 3.05) is 4.72 Å². The lowest BCUT2D eigenvalue weighted by atomic mass is 10.3. The van der Waals surface area contributed by atoms with Crippen LogP contribution in [0.4, 0.5) is 14.5 Å². The van der Waals surface area contributed by atoms with Crippen LogP contribution in [0.1, 0.15) is 0 Å². The van der Waals surface area contributed by atoms with E-state index in [-0.39, 0.29) is 10.0 Å². The Labute approximate surface area is 124 Å². The van der Waals surface area contributed by atoms with Gasteiger partial charge in [0.2, 0.25) is 0 Å². The SMILES string of the molecule is O=S(=O)(Nc1c(F)cccc1F)c1c(Cl)cccc1Cl. The Morgan fingerprint density at radius 3 is 1.85 bits per heavy atom. The molecule has 0 aliphatic heterocycles. The molecule has 3 nitrogen and oxygen atoms in total. The van der Waals surface area contributed by atoms with Gasteiger partial charge in [-0.3, -0.25) is 4.72 Å². The molecule has 106 valence electrons. The van der Waals surface area contributed by atoms with Crippen molar-refractivity contribution in [2.45, 2.75) is 4.90 Å². The first kappa shape index (κ1) is 15.0. The molecule has 0 atom stereocenters. The minimum absolute atomic E-state index is 0.151. The molecule has 2 rings (SSSR count). The molecule has 2 aromatic rings. The zero-order valence-corrected chi connectivity index (χ0v) is 12.0. The molecule has 0 heterocycles. The molecule has 0 amide bonds. The van der Waals surface area contributed by atoms with Gasteiger partial charge < -0.3 is 0 Å². The van der Waals surface area contributed by atoms with E-state index in [1.807, 2.05) is 0 Å². The Hall–Kier alpha value is -1.37. The molecule has 2 aromatic carbocycles. The monoisotopic (exact) mass is 337 g/mol. The summed E-state index contributed by atoms with van der Waals surface area (Å²) in [4.78, 5) is -0.439. The third-order valence-electron chi connectivity index (χ3n) is 2.39. The first-order valence-corrected chi connectivity index (χ1v) is 7.47. The van der Waals surface area contributed by atoms with Gasteiger partial charge in [0.15, 0.2) is 0 Å². The van der Waals surface area contributed by atoms with E-state index in [0.717, 1.165) is 18.2 Å². The van der Waals surface area contributed by atoms with Crippen molar-refractivity contribution in [3.63, 3.8) is 0 Å². The van der Waals surface area contributed by atoms with Crippen molar-refractivity contribution in [1.29, 1.82) is 0 Å². The Morgan fingerprint density at radius 1 is 0.900 bits per heavy atom. The molecule has 20 heavy (non-hydrogen) atoms. The molecule has 1 N–H and O–H groups in total. The lowest BCUT2D eigenvalue weighted by molar-refractivity contribution is 0.583. The van der Waals surface area contributed by atoms with Crippen LogP contribution in [0.15, 0.2) is 41.3 Å². The van der Waals surface area contributed by atoms with E-state index in [0.29, 0.717) is 0 Å². The van der Waals surface area contributed by atoms with Gasteiger partial charge in [0.1, 0.15) is 22.2 Å². The van der Waals surface area contributed by atoms with E-state index in [2.05, 4.69) is 0 Å². The second-order valence-corrected chi connectivity index (χ2v) is 6.19. The summed E-state index contributed by atoms with van der Waals surface area (Å²) < 4.78 is 53.0. The zero-order valence-electron chi connectivity index (χ0n) is 9.70. The van der Waals surface area contributed by atoms with Crippen LogP contribution in [0.3, 0.4) is 0 Å². The van der Waals surface area contributed by atoms with Crippen LogP contribution in [-0.4, -0.2) is 8.42 Å². The summed E-state index contributed by atoms with van der Waals surface area (Å²) in [5.74, 6) is -2.09. The molecule has 0 fully saturated rings. The average molecular weight is 338 g/mol. The highest BCUT2D eigenvalue weighted by Gasteiger charge is 2.24. The van der Waals surface area contributed by atoms with Crippen LogP contribution in [0, 0.1) is 11.6 Å². The van der Waals surface area contributed by atoms with Crippen LogP contribution < -0.4 is 4.72 Å². The highest BCUT2D eigenvalue weighted by molar-refractivity contribution is 7.93. The molecule has 0 spiro atoms. The van der Waals surface area contributed by atoms with Gasteiger partial charge in [0, 0.05) is 0 Å². The molecule has 0 bridgehead atoms. The van der Waals surface area contributed by atoms with E-state index in [9.17, 15) is 17.2 Å². The van der Waals surface area contributed by atoms with Crippen LogP contribution in [-0.2, 0) is 10.0 Å². The fraction of sp³-hybridized carbons (Fsp3) is 0. The quantitative estimate of drug-likeness (QED) is 0.917. The van der Waals surface area contributed by atoms with Crippen LogP contribution >= 0.6 is 23.2 Å². The first-order chi connectivity index (χ1) is 9.33. The van der Waals surface area contributed by atoms with Crippen LogP contribution in [0.25, 0.3) is 0 Å². The molecule has 0 radical (unpaired) electrons. The standard InChI is InChI=1S/C12H7Cl2F2NO2S/c13-7-3-1-4-8(14)12(7)20(18,19)17-11-9(15)5-2-6-10(11)16/h1-6,17H. The van der Waals surface area contributed by atoms with E-state index < -0.39 is 32.2 Å². The number of benzene rings is 2. The highest BCUT2D eigenvalue weighted by Crippen LogP contribution is 2.31. The van der Waals surface area contributed by atoms with Gasteiger partial charge in [-0.2, -0.15) is 0 Å². The van der Waals surface area contributed by atoms with Gasteiger partial charge in [0.05, 0.1) is 10.0 Å². The predicted molar refractivity (Wildman–Crippen MR) is 73.6 cm³/mol. The normalized spacial score (nSPS) is 11.4. The van der Waals surface area contributed by atoms with Crippen molar-refractivity contribution in [2.24, 2.45) is 0 Å². The molecule has 0 saturated heterocycles. The van der Waals surface area contributed by atoms with Crippen molar-refractivity contribution in [1.82, 2.24) is 0 Å². The van der Waals surface area contributed by atoms with Crippen LogP contribution in [0.5, 0.6) is 0 Å². The lowest BCUT2D eigenvalue weighted by Crippen LogP contribution is -2.16. The summed E-state index contributed by atoms with van der Waals surface area (Å²) in [5, 5.41) is -0.302. The van der Waals surface area contributed by atoms with Gasteiger partial charge >= 0.3 is 0 Å². The lowest BCUT2D eigenvalue weighted by Gasteiger charge is -2.12. The minimum Gasteiger partial charge on any atom is -0.274 e. The number of para-hydroxylation sites is 1. The minimum atomic E-state index is -4.31. The van der Waals surface area contributed by atoms with Crippen molar-refractivity contribution in [3.05, 3.63) is 58.1 Å². The Kier molecular flexibility index (Phi) is 4.17. The maximum Gasteiger partial charge on any atom is 0.265 e. The molecule has 0 unspecified atom stereocenters. The van der Waals surface area contributed by atoms with Crippen LogP contribution in [0.2, 0.25) is 10.0 Å². The van der Waals surface area contributed by atoms with E-state index in [1.165, 1.54) is 18.2 Å². The summed E-state index contributed by atoms with van der Waals surface area (Å²) in [7, 11) is -4.31. The van der Waals surface area contributed by atoms with Crippen molar-refractivity contribution >= 4 is 38.9 Å². The number of rotatable bonds is 3. The number of halogens is 4. The number of nitrogens with one attached hydrogen (secondary N) is 1. The van der Waals surface area contributed by atoms with Gasteiger partial charge in [-0.25, -0.2) is 17.2 Å². The summed E-state index contributed by atoms with van der Waals surface area (Å²) in [5.41, 5.74) is -0.788. The third-order valence-corrected chi connectivity index (χ3v) is 4.69. The fourth-order valence-corrected chi connectivity index (χ4v) is 3.74. The zero-order chi connectivity index (χ0) is 14.9. The molecule has 0 aromatic heterocycles. The largest absolute Gasteiger partial charge is 0.274 e. The second kappa shape index (κ2) is 5.55. The smallest absolute Gasteiger partial charge is 0.265 e. The number of anilines is 1. The second-order valence-electron chi connectivity index (χ2n) is 3.75. The first-order valence-electron chi connectivity index (χ1n) is 5.24. The van der Waals surface area contributed by atoms with E-state index in [4.69, 9.17) is 23.2 Å². The molecule has 8 heteroatoms. The van der Waals surface area contributed by atoms with Gasteiger partial charge in [-0.05, 0) is 24.3 Å². The van der Waals surface area contributed by atoms with E-state index >= 15 is 0 Å². The average Bonchev–Trinajstić information content (AvgIpc) is 2.33. The number of hydrogen-bond donors (Lipinski definition) is 1. The molecule has 0 aliphatic carbocycles. The molecular weight excluding hydrogens is 331 g/mol. The van der Waals surface area contributed by atoms with Gasteiger partial charge in [0.25, 0.3) is 10.0 Å². The Bertz CT molecular complexity index is 726. The van der Waals surface area contributed by atoms with Gasteiger partial charge in [-0.1, -0.05) is 35.3 Å². The Balaban J connectivity index is 2.53. The summed E-state index contributed by atoms with van der Waals surface area (Å²) in [6.07, 6.45) is 0. The Morgan fingerprint density at radius 2 is 1.35 bits per heavy atom. The van der Waals surface area contributed by atoms with Gasteiger partial charge in [-0.15, -0.1) is 0 Å². The molecule has 0 aliphatic rings. The summed E-state index contributed by atoms with van der Waals surface area (Å²) in [6.45, 7) is 0. The highest BCUT2D eigenvalue weighted by atomic mass is 35.5. The maximum atomic E-state index is 13.5. The molecule has 0 saturated carbocycles. The maximum absolute atomic E-state index is 13.5. The number of hydrogen-bond acceptors (Lipinski definition) is 2. The third kappa shape index (κ3) is 2.87. The summed E-state index contributed by atoms with van der Waals surface area (Å²) in [6, 6.07) is 7.03. The van der Waals surface area contributed by atoms with Crippen molar-refractivity contribution in [3.8, 4) is 0 Å².